The molecule has 2 nitrogen and oxygen atoms in total. The van der Waals surface area contributed by atoms with Crippen molar-refractivity contribution in [1.29, 1.82) is 0 Å². The van der Waals surface area contributed by atoms with Gasteiger partial charge in [-0.2, -0.15) is 0 Å². The second kappa shape index (κ2) is 6.07. The van der Waals surface area contributed by atoms with Crippen LogP contribution in [0.3, 0.4) is 0 Å². The van der Waals surface area contributed by atoms with Gasteiger partial charge in [-0.25, -0.2) is 0 Å². The van der Waals surface area contributed by atoms with Crippen molar-refractivity contribution >= 4 is 5.91 Å². The van der Waals surface area contributed by atoms with Crippen LogP contribution in [-0.2, 0) is 4.79 Å². The zero-order valence-electron chi connectivity index (χ0n) is 10.7. The molecule has 0 aromatic heterocycles. The van der Waals surface area contributed by atoms with E-state index < -0.39 is 0 Å². The van der Waals surface area contributed by atoms with Crippen LogP contribution in [-0.4, -0.2) is 11.4 Å². The molecule has 2 heteroatoms. The largest absolute Gasteiger partial charge is 0.347 e. The topological polar surface area (TPSA) is 29.1 Å². The van der Waals surface area contributed by atoms with Gasteiger partial charge in [-0.05, 0) is 31.3 Å². The SMILES string of the molecule is C=CC(=O)NC1(CC(C)CC)CCCCC1. The quantitative estimate of drug-likeness (QED) is 0.711. The number of nitrogens with one attached hydrogen (secondary N) is 1. The van der Waals surface area contributed by atoms with Gasteiger partial charge in [0.15, 0.2) is 0 Å². The van der Waals surface area contributed by atoms with Gasteiger partial charge in [0.1, 0.15) is 0 Å². The van der Waals surface area contributed by atoms with Crippen LogP contribution in [0.1, 0.15) is 58.8 Å². The summed E-state index contributed by atoms with van der Waals surface area (Å²) in [5.41, 5.74) is 0.0545. The maximum atomic E-state index is 11.5. The Morgan fingerprint density at radius 1 is 1.44 bits per heavy atom. The lowest BCUT2D eigenvalue weighted by atomic mass is 9.75. The monoisotopic (exact) mass is 223 g/mol. The van der Waals surface area contributed by atoms with Gasteiger partial charge in [0.2, 0.25) is 5.91 Å². The number of hydrogen-bond donors (Lipinski definition) is 1. The van der Waals surface area contributed by atoms with Crippen molar-refractivity contribution in [3.63, 3.8) is 0 Å². The summed E-state index contributed by atoms with van der Waals surface area (Å²) in [5.74, 6) is 0.674. The molecule has 1 amide bonds. The second-order valence-corrected chi connectivity index (χ2v) is 5.25. The van der Waals surface area contributed by atoms with Crippen LogP contribution in [0.25, 0.3) is 0 Å². The van der Waals surface area contributed by atoms with E-state index in [1.807, 2.05) is 0 Å². The number of carbonyl (C=O) groups is 1. The molecule has 0 spiro atoms. The molecule has 1 aliphatic carbocycles. The Balaban J connectivity index is 2.66. The molecule has 0 saturated heterocycles. The zero-order valence-corrected chi connectivity index (χ0v) is 10.7. The van der Waals surface area contributed by atoms with E-state index in [0.29, 0.717) is 5.92 Å². The van der Waals surface area contributed by atoms with Crippen molar-refractivity contribution in [2.75, 3.05) is 0 Å². The smallest absolute Gasteiger partial charge is 0.243 e. The minimum absolute atomic E-state index is 0.00907. The molecule has 0 heterocycles. The first-order valence-electron chi connectivity index (χ1n) is 6.56. The molecule has 0 aliphatic heterocycles. The van der Waals surface area contributed by atoms with Crippen molar-refractivity contribution in [1.82, 2.24) is 5.32 Å². The van der Waals surface area contributed by atoms with Crippen molar-refractivity contribution < 1.29 is 4.79 Å². The highest BCUT2D eigenvalue weighted by Gasteiger charge is 2.33. The highest BCUT2D eigenvalue weighted by Crippen LogP contribution is 2.34. The third-order valence-electron chi connectivity index (χ3n) is 3.82. The van der Waals surface area contributed by atoms with E-state index in [4.69, 9.17) is 0 Å². The molecule has 1 unspecified atom stereocenters. The summed E-state index contributed by atoms with van der Waals surface area (Å²) in [4.78, 5) is 11.5. The molecule has 1 aliphatic rings. The van der Waals surface area contributed by atoms with Gasteiger partial charge in [0, 0.05) is 5.54 Å². The predicted molar refractivity (Wildman–Crippen MR) is 68.2 cm³/mol. The Hall–Kier alpha value is -0.790. The van der Waals surface area contributed by atoms with E-state index in [1.165, 1.54) is 31.8 Å². The molecule has 0 bridgehead atoms. The maximum absolute atomic E-state index is 11.5. The molecule has 92 valence electrons. The third-order valence-corrected chi connectivity index (χ3v) is 3.82. The highest BCUT2D eigenvalue weighted by atomic mass is 16.1. The molecule has 1 atom stereocenters. The average Bonchev–Trinajstić information content (AvgIpc) is 2.29. The van der Waals surface area contributed by atoms with Crippen LogP contribution in [0.4, 0.5) is 0 Å². The third kappa shape index (κ3) is 3.66. The summed E-state index contributed by atoms with van der Waals surface area (Å²) in [6.45, 7) is 8.04. The Bertz CT molecular complexity index is 241. The molecular weight excluding hydrogens is 198 g/mol. The summed E-state index contributed by atoms with van der Waals surface area (Å²) in [7, 11) is 0. The van der Waals surface area contributed by atoms with Gasteiger partial charge in [0.05, 0.1) is 0 Å². The molecule has 1 fully saturated rings. The first-order valence-corrected chi connectivity index (χ1v) is 6.56. The number of amides is 1. The molecular formula is C14H25NO. The van der Waals surface area contributed by atoms with Crippen molar-refractivity contribution in [3.05, 3.63) is 12.7 Å². The zero-order chi connectivity index (χ0) is 12.0. The van der Waals surface area contributed by atoms with Gasteiger partial charge in [-0.3, -0.25) is 4.79 Å². The Kier molecular flexibility index (Phi) is 5.04. The van der Waals surface area contributed by atoms with Gasteiger partial charge >= 0.3 is 0 Å². The summed E-state index contributed by atoms with van der Waals surface area (Å²) in [6, 6.07) is 0. The molecule has 0 aromatic carbocycles. The second-order valence-electron chi connectivity index (χ2n) is 5.25. The van der Waals surface area contributed by atoms with Crippen LogP contribution in [0.2, 0.25) is 0 Å². The van der Waals surface area contributed by atoms with Gasteiger partial charge < -0.3 is 5.32 Å². The standard InChI is InChI=1S/C14H25NO/c1-4-12(3)11-14(15-13(16)5-2)9-7-6-8-10-14/h5,12H,2,4,6-11H2,1,3H3,(H,15,16). The lowest BCUT2D eigenvalue weighted by Crippen LogP contribution is -2.50. The van der Waals surface area contributed by atoms with Crippen LogP contribution < -0.4 is 5.32 Å². The van der Waals surface area contributed by atoms with Gasteiger partial charge in [-0.15, -0.1) is 0 Å². The lowest BCUT2D eigenvalue weighted by molar-refractivity contribution is -0.119. The van der Waals surface area contributed by atoms with Crippen molar-refractivity contribution in [2.24, 2.45) is 5.92 Å². The van der Waals surface area contributed by atoms with E-state index in [2.05, 4.69) is 25.7 Å². The summed E-state index contributed by atoms with van der Waals surface area (Å²) >= 11 is 0. The van der Waals surface area contributed by atoms with Crippen molar-refractivity contribution in [3.8, 4) is 0 Å². The van der Waals surface area contributed by atoms with Crippen LogP contribution >= 0.6 is 0 Å². The first-order chi connectivity index (χ1) is 7.62. The van der Waals surface area contributed by atoms with E-state index in [9.17, 15) is 4.79 Å². The molecule has 16 heavy (non-hydrogen) atoms. The van der Waals surface area contributed by atoms with E-state index in [-0.39, 0.29) is 11.4 Å². The van der Waals surface area contributed by atoms with Crippen LogP contribution in [0.15, 0.2) is 12.7 Å². The van der Waals surface area contributed by atoms with E-state index in [1.54, 1.807) is 0 Å². The molecule has 0 aromatic rings. The fraction of sp³-hybridized carbons (Fsp3) is 0.786. The van der Waals surface area contributed by atoms with Gasteiger partial charge in [0.25, 0.3) is 0 Å². The van der Waals surface area contributed by atoms with E-state index >= 15 is 0 Å². The molecule has 0 radical (unpaired) electrons. The average molecular weight is 223 g/mol. The lowest BCUT2D eigenvalue weighted by Gasteiger charge is -2.39. The summed E-state index contributed by atoms with van der Waals surface area (Å²) < 4.78 is 0. The summed E-state index contributed by atoms with van der Waals surface area (Å²) in [6.07, 6.45) is 9.77. The minimum atomic E-state index is -0.00907. The number of carbonyl (C=O) groups excluding carboxylic acids is 1. The van der Waals surface area contributed by atoms with E-state index in [0.717, 1.165) is 19.3 Å². The van der Waals surface area contributed by atoms with Crippen molar-refractivity contribution in [2.45, 2.75) is 64.3 Å². The highest BCUT2D eigenvalue weighted by molar-refractivity contribution is 5.87. The fourth-order valence-corrected chi connectivity index (χ4v) is 2.73. The van der Waals surface area contributed by atoms with Crippen LogP contribution in [0.5, 0.6) is 0 Å². The van der Waals surface area contributed by atoms with Crippen LogP contribution in [0, 0.1) is 5.92 Å². The normalized spacial score (nSPS) is 21.1. The fourth-order valence-electron chi connectivity index (χ4n) is 2.73. The molecule has 1 N–H and O–H groups in total. The Morgan fingerprint density at radius 2 is 2.06 bits per heavy atom. The first kappa shape index (κ1) is 13.3. The molecule has 1 rings (SSSR count). The Labute approximate surface area is 99.5 Å². The number of hydrogen-bond acceptors (Lipinski definition) is 1. The van der Waals surface area contributed by atoms with Gasteiger partial charge in [-0.1, -0.05) is 46.1 Å². The molecule has 1 saturated carbocycles. The number of rotatable bonds is 5. The summed E-state index contributed by atoms with van der Waals surface area (Å²) in [5, 5.41) is 3.19. The Morgan fingerprint density at radius 3 is 2.56 bits per heavy atom. The maximum Gasteiger partial charge on any atom is 0.243 e. The minimum Gasteiger partial charge on any atom is -0.347 e. The predicted octanol–water partition coefficient (Wildman–Crippen LogP) is 3.43.